The highest BCUT2D eigenvalue weighted by atomic mass is 16.6. The van der Waals surface area contributed by atoms with Crippen molar-refractivity contribution in [3.8, 4) is 0 Å². The van der Waals surface area contributed by atoms with Crippen LogP contribution in [-0.4, -0.2) is 47.6 Å². The molecule has 158 valence electrons. The van der Waals surface area contributed by atoms with Crippen LogP contribution in [0, 0.1) is 22.7 Å². The predicted octanol–water partition coefficient (Wildman–Crippen LogP) is 2.45. The maximum absolute atomic E-state index is 12.0. The summed E-state index contributed by atoms with van der Waals surface area (Å²) in [5.41, 5.74) is 2.50. The second-order valence-electron chi connectivity index (χ2n) is 9.34. The Morgan fingerprint density at radius 3 is 2.59 bits per heavy atom. The minimum Gasteiger partial charge on any atom is -0.456 e. The van der Waals surface area contributed by atoms with E-state index >= 15 is 0 Å². The number of carbonyl (C=O) groups excluding carboxylic acids is 2. The second-order valence-corrected chi connectivity index (χ2v) is 9.34. The molecule has 3 unspecified atom stereocenters. The number of carbonyl (C=O) groups is 2. The Morgan fingerprint density at radius 2 is 1.86 bits per heavy atom. The van der Waals surface area contributed by atoms with Gasteiger partial charge in [-0.2, -0.15) is 0 Å². The van der Waals surface area contributed by atoms with Gasteiger partial charge in [0.2, 0.25) is 0 Å². The number of aliphatic hydroxyl groups excluding tert-OH is 2. The molecule has 6 atom stereocenters. The van der Waals surface area contributed by atoms with Gasteiger partial charge in [-0.25, -0.2) is 9.59 Å². The van der Waals surface area contributed by atoms with E-state index in [2.05, 4.69) is 32.1 Å². The summed E-state index contributed by atoms with van der Waals surface area (Å²) in [6.07, 6.45) is 12.2. The molecule has 6 nitrogen and oxygen atoms in total. The van der Waals surface area contributed by atoms with Crippen LogP contribution in [0.3, 0.4) is 0 Å². The number of fused-ring (bicyclic) bond motifs is 4. The van der Waals surface area contributed by atoms with E-state index in [9.17, 15) is 14.7 Å². The molecule has 0 saturated heterocycles. The van der Waals surface area contributed by atoms with Gasteiger partial charge < -0.3 is 19.7 Å². The molecule has 0 radical (unpaired) electrons. The first-order chi connectivity index (χ1) is 13.8. The largest absolute Gasteiger partial charge is 0.456 e. The van der Waals surface area contributed by atoms with Gasteiger partial charge in [0.25, 0.3) is 0 Å². The fourth-order valence-corrected chi connectivity index (χ4v) is 6.08. The molecule has 1 saturated carbocycles. The lowest BCUT2D eigenvalue weighted by Crippen LogP contribution is -2.51. The van der Waals surface area contributed by atoms with Crippen LogP contribution in [0.15, 0.2) is 35.5 Å². The van der Waals surface area contributed by atoms with Crippen LogP contribution in [0.25, 0.3) is 0 Å². The van der Waals surface area contributed by atoms with Crippen LogP contribution in [0.5, 0.6) is 0 Å². The molecule has 0 aliphatic heterocycles. The normalized spacial score (nSPS) is 40.1. The first kappa shape index (κ1) is 20.4. The monoisotopic (exact) mass is 402 g/mol. The highest BCUT2D eigenvalue weighted by molar-refractivity contribution is 5.71. The zero-order valence-corrected chi connectivity index (χ0v) is 17.1. The van der Waals surface area contributed by atoms with Crippen molar-refractivity contribution in [1.82, 2.24) is 0 Å². The van der Waals surface area contributed by atoms with Gasteiger partial charge in [-0.1, -0.05) is 32.1 Å². The van der Waals surface area contributed by atoms with Crippen LogP contribution in [-0.2, 0) is 19.1 Å². The van der Waals surface area contributed by atoms with Crippen LogP contribution in [0.4, 0.5) is 0 Å². The van der Waals surface area contributed by atoms with Crippen molar-refractivity contribution in [2.24, 2.45) is 22.7 Å². The summed E-state index contributed by atoms with van der Waals surface area (Å²) < 4.78 is 11.1. The third kappa shape index (κ3) is 3.36. The fourth-order valence-electron chi connectivity index (χ4n) is 6.08. The number of rotatable bonds is 4. The zero-order valence-electron chi connectivity index (χ0n) is 17.1. The number of hydrogen-bond donors (Lipinski definition) is 2. The van der Waals surface area contributed by atoms with Crippen molar-refractivity contribution in [2.75, 3.05) is 13.2 Å². The third-order valence-corrected chi connectivity index (χ3v) is 7.65. The lowest BCUT2D eigenvalue weighted by atomic mass is 9.50. The van der Waals surface area contributed by atoms with E-state index in [-0.39, 0.29) is 34.9 Å². The molecule has 4 aliphatic carbocycles. The number of allylic oxidation sites excluding steroid dienone is 4. The fraction of sp³-hybridized carbons (Fsp3) is 0.652. The quantitative estimate of drug-likeness (QED) is 0.554. The van der Waals surface area contributed by atoms with E-state index in [4.69, 9.17) is 14.6 Å². The molecule has 0 heterocycles. The molecule has 0 spiro atoms. The second kappa shape index (κ2) is 7.40. The van der Waals surface area contributed by atoms with Crippen LogP contribution < -0.4 is 0 Å². The van der Waals surface area contributed by atoms with Crippen LogP contribution in [0.2, 0.25) is 0 Å². The topological polar surface area (TPSA) is 93.1 Å². The van der Waals surface area contributed by atoms with Gasteiger partial charge in [0, 0.05) is 0 Å². The standard InChI is InChI=1S/C23H30O6/c1-22-7-3-4-16(22)21-17(6-8-22)23(2)9-5-15(28-19(26)12-24)10-14(23)11-18(21)29-20(27)13-25/h3-5,9,14-15,17-18,24-25H,6-8,10-13H2,1-2H3/t14?,15?,17-,18?,22+,23+/m1/s1. The molecule has 6 heteroatoms. The van der Waals surface area contributed by atoms with Crippen molar-refractivity contribution in [3.05, 3.63) is 35.5 Å². The van der Waals surface area contributed by atoms with Crippen molar-refractivity contribution in [1.29, 1.82) is 0 Å². The van der Waals surface area contributed by atoms with Gasteiger partial charge in [0.1, 0.15) is 25.4 Å². The van der Waals surface area contributed by atoms with Gasteiger partial charge in [-0.3, -0.25) is 0 Å². The summed E-state index contributed by atoms with van der Waals surface area (Å²) in [5, 5.41) is 18.2. The smallest absolute Gasteiger partial charge is 0.332 e. The highest BCUT2D eigenvalue weighted by Crippen LogP contribution is 2.61. The number of hydrogen-bond acceptors (Lipinski definition) is 6. The van der Waals surface area contributed by atoms with Crippen LogP contribution in [0.1, 0.15) is 46.0 Å². The maximum atomic E-state index is 12.0. The van der Waals surface area contributed by atoms with Gasteiger partial charge in [-0.15, -0.1) is 0 Å². The summed E-state index contributed by atoms with van der Waals surface area (Å²) >= 11 is 0. The molecule has 2 N–H and O–H groups in total. The SMILES string of the molecule is C[C@@]12CC=CC1=C1C(OC(=O)CO)CC3CC(OC(=O)CO)C=C[C@]3(C)[C@@H]1CC2. The van der Waals surface area contributed by atoms with E-state index in [1.807, 2.05) is 6.08 Å². The summed E-state index contributed by atoms with van der Waals surface area (Å²) in [6, 6.07) is 0. The summed E-state index contributed by atoms with van der Waals surface area (Å²) in [4.78, 5) is 23.5. The number of esters is 2. The Balaban J connectivity index is 1.72. The lowest BCUT2D eigenvalue weighted by Gasteiger charge is -2.55. The molecule has 0 bridgehead atoms. The van der Waals surface area contributed by atoms with E-state index in [0.29, 0.717) is 12.8 Å². The van der Waals surface area contributed by atoms with E-state index in [1.165, 1.54) is 11.1 Å². The average molecular weight is 402 g/mol. The Morgan fingerprint density at radius 1 is 1.14 bits per heavy atom. The minimum atomic E-state index is -0.632. The molecule has 29 heavy (non-hydrogen) atoms. The molecule has 0 aromatic carbocycles. The maximum Gasteiger partial charge on any atom is 0.332 e. The lowest BCUT2D eigenvalue weighted by molar-refractivity contribution is -0.156. The summed E-state index contributed by atoms with van der Waals surface area (Å²) in [5.74, 6) is -0.817. The van der Waals surface area contributed by atoms with Gasteiger partial charge in [0.15, 0.2) is 0 Å². The predicted molar refractivity (Wildman–Crippen MR) is 106 cm³/mol. The highest BCUT2D eigenvalue weighted by Gasteiger charge is 2.55. The Labute approximate surface area is 171 Å². The summed E-state index contributed by atoms with van der Waals surface area (Å²) in [6.45, 7) is 3.28. The van der Waals surface area contributed by atoms with Crippen molar-refractivity contribution >= 4 is 11.9 Å². The van der Waals surface area contributed by atoms with Gasteiger partial charge in [-0.05, 0) is 72.0 Å². The van der Waals surface area contributed by atoms with Gasteiger partial charge in [0.05, 0.1) is 0 Å². The summed E-state index contributed by atoms with van der Waals surface area (Å²) in [7, 11) is 0. The first-order valence-electron chi connectivity index (χ1n) is 10.5. The van der Waals surface area contributed by atoms with Gasteiger partial charge >= 0.3 is 11.9 Å². The molecular weight excluding hydrogens is 372 g/mol. The van der Waals surface area contributed by atoms with E-state index in [1.54, 1.807) is 0 Å². The van der Waals surface area contributed by atoms with E-state index < -0.39 is 25.2 Å². The van der Waals surface area contributed by atoms with Crippen molar-refractivity contribution in [2.45, 2.75) is 58.2 Å². The zero-order chi connectivity index (χ0) is 20.8. The Kier molecular flexibility index (Phi) is 5.20. The third-order valence-electron chi connectivity index (χ3n) is 7.65. The van der Waals surface area contributed by atoms with Crippen molar-refractivity contribution in [3.63, 3.8) is 0 Å². The van der Waals surface area contributed by atoms with Crippen molar-refractivity contribution < 1.29 is 29.3 Å². The number of ether oxygens (including phenoxy) is 2. The molecule has 0 aromatic rings. The first-order valence-corrected chi connectivity index (χ1v) is 10.5. The molecular formula is C23H30O6. The van der Waals surface area contributed by atoms with Crippen LogP contribution >= 0.6 is 0 Å². The van der Waals surface area contributed by atoms with E-state index in [0.717, 1.165) is 19.3 Å². The Bertz CT molecular complexity index is 795. The average Bonchev–Trinajstić information content (AvgIpc) is 3.10. The molecule has 0 amide bonds. The molecule has 1 fully saturated rings. The number of aliphatic hydroxyl groups is 2. The molecule has 0 aromatic heterocycles. The molecule has 4 aliphatic rings. The Hall–Kier alpha value is -1.92. The molecule has 4 rings (SSSR count). The minimum absolute atomic E-state index is 0.0937.